The van der Waals surface area contributed by atoms with Crippen LogP contribution in [0.4, 0.5) is 5.95 Å². The minimum Gasteiger partial charge on any atom is -0.356 e. The van der Waals surface area contributed by atoms with E-state index in [1.54, 1.807) is 7.05 Å². The number of ketones is 1. The summed E-state index contributed by atoms with van der Waals surface area (Å²) < 4.78 is 0. The van der Waals surface area contributed by atoms with E-state index < -0.39 is 0 Å². The Morgan fingerprint density at radius 2 is 2.40 bits per heavy atom. The molecule has 0 aliphatic carbocycles. The maximum Gasteiger partial charge on any atom is 0.242 e. The molecule has 1 aromatic heterocycles. The van der Waals surface area contributed by atoms with Gasteiger partial charge in [0.25, 0.3) is 0 Å². The van der Waals surface area contributed by atoms with Crippen molar-refractivity contribution >= 4 is 11.7 Å². The Hall–Kier alpha value is -1.39. The van der Waals surface area contributed by atoms with E-state index in [1.807, 2.05) is 0 Å². The normalized spacial score (nSPS) is 9.40. The highest BCUT2D eigenvalue weighted by Crippen LogP contribution is 1.96. The average Bonchev–Trinajstić information content (AvgIpc) is 2.34. The van der Waals surface area contributed by atoms with E-state index in [0.717, 1.165) is 0 Å². The summed E-state index contributed by atoms with van der Waals surface area (Å²) in [6.45, 7) is 1.43. The molecule has 0 radical (unpaired) electrons. The first kappa shape index (κ1) is 6.73. The Labute approximate surface area is 57.9 Å². The zero-order valence-electron chi connectivity index (χ0n) is 5.80. The highest BCUT2D eigenvalue weighted by Gasteiger charge is 2.03. The number of nitrogens with zero attached hydrogens (tertiary/aromatic N) is 2. The van der Waals surface area contributed by atoms with Crippen LogP contribution < -0.4 is 5.32 Å². The van der Waals surface area contributed by atoms with Crippen LogP contribution in [-0.4, -0.2) is 28.0 Å². The second-order valence-electron chi connectivity index (χ2n) is 1.81. The Balaban J connectivity index is 2.88. The first-order valence-electron chi connectivity index (χ1n) is 2.85. The van der Waals surface area contributed by atoms with Crippen LogP contribution in [0.5, 0.6) is 0 Å². The SMILES string of the molecule is CNc1n[nH]c(C(C)=O)n1. The van der Waals surface area contributed by atoms with Gasteiger partial charge < -0.3 is 5.32 Å². The third-order valence-corrected chi connectivity index (χ3v) is 1.04. The Morgan fingerprint density at radius 1 is 1.70 bits per heavy atom. The molecule has 2 N–H and O–H groups in total. The summed E-state index contributed by atoms with van der Waals surface area (Å²) in [5.41, 5.74) is 0. The van der Waals surface area contributed by atoms with Crippen molar-refractivity contribution in [3.63, 3.8) is 0 Å². The summed E-state index contributed by atoms with van der Waals surface area (Å²) in [7, 11) is 1.69. The summed E-state index contributed by atoms with van der Waals surface area (Å²) in [5, 5.41) is 8.87. The number of aromatic amines is 1. The summed E-state index contributed by atoms with van der Waals surface area (Å²) in [6.07, 6.45) is 0. The predicted octanol–water partition coefficient (Wildman–Crippen LogP) is 0.0490. The lowest BCUT2D eigenvalue weighted by molar-refractivity contribution is 0.100. The number of Topliss-reactive ketones (excluding diaryl/α,β-unsaturated/α-hetero) is 1. The molecule has 5 heteroatoms. The number of hydrogen-bond donors (Lipinski definition) is 2. The van der Waals surface area contributed by atoms with Crippen molar-refractivity contribution in [1.82, 2.24) is 15.2 Å². The standard InChI is InChI=1S/C5H8N4O/c1-3(10)4-7-5(6-2)9-8-4/h1-2H3,(H2,6,7,8,9). The summed E-state index contributed by atoms with van der Waals surface area (Å²) in [4.78, 5) is 14.4. The van der Waals surface area contributed by atoms with E-state index in [0.29, 0.717) is 5.95 Å². The molecule has 0 amide bonds. The van der Waals surface area contributed by atoms with E-state index in [4.69, 9.17) is 0 Å². The Bertz CT molecular complexity index is 242. The largest absolute Gasteiger partial charge is 0.356 e. The molecular formula is C5H8N4O. The van der Waals surface area contributed by atoms with Gasteiger partial charge in [-0.15, -0.1) is 5.10 Å². The molecule has 0 aromatic carbocycles. The Kier molecular flexibility index (Phi) is 1.66. The number of carbonyl (C=O) groups is 1. The second-order valence-corrected chi connectivity index (χ2v) is 1.81. The van der Waals surface area contributed by atoms with Gasteiger partial charge in [0.05, 0.1) is 0 Å². The molecule has 1 rings (SSSR count). The molecule has 0 fully saturated rings. The molecule has 0 aliphatic rings. The molecule has 0 bridgehead atoms. The molecule has 0 saturated heterocycles. The molecule has 54 valence electrons. The first-order chi connectivity index (χ1) is 4.74. The quantitative estimate of drug-likeness (QED) is 0.569. The number of H-pyrrole nitrogens is 1. The van der Waals surface area contributed by atoms with E-state index in [-0.39, 0.29) is 11.6 Å². The van der Waals surface area contributed by atoms with Gasteiger partial charge in [-0.05, 0) is 0 Å². The lowest BCUT2D eigenvalue weighted by Gasteiger charge is -1.84. The number of carbonyl (C=O) groups excluding carboxylic acids is 1. The van der Waals surface area contributed by atoms with Crippen LogP contribution in [0.15, 0.2) is 0 Å². The van der Waals surface area contributed by atoms with Crippen LogP contribution in [0, 0.1) is 0 Å². The summed E-state index contributed by atoms with van der Waals surface area (Å²) in [6, 6.07) is 0. The van der Waals surface area contributed by atoms with Gasteiger partial charge in [0.1, 0.15) is 0 Å². The van der Waals surface area contributed by atoms with Gasteiger partial charge in [0.2, 0.25) is 5.95 Å². The number of hydrogen-bond acceptors (Lipinski definition) is 4. The first-order valence-corrected chi connectivity index (χ1v) is 2.85. The monoisotopic (exact) mass is 140 g/mol. The van der Waals surface area contributed by atoms with Crippen LogP contribution >= 0.6 is 0 Å². The van der Waals surface area contributed by atoms with Gasteiger partial charge in [-0.1, -0.05) is 0 Å². The number of rotatable bonds is 2. The van der Waals surface area contributed by atoms with E-state index in [2.05, 4.69) is 20.5 Å². The van der Waals surface area contributed by atoms with Crippen molar-refractivity contribution in [3.8, 4) is 0 Å². The maximum atomic E-state index is 10.6. The molecule has 1 aromatic rings. The average molecular weight is 140 g/mol. The molecule has 0 aliphatic heterocycles. The molecule has 0 saturated carbocycles. The van der Waals surface area contributed by atoms with Crippen LogP contribution in [0.2, 0.25) is 0 Å². The van der Waals surface area contributed by atoms with Crippen LogP contribution in [-0.2, 0) is 0 Å². The van der Waals surface area contributed by atoms with Crippen LogP contribution in [0.25, 0.3) is 0 Å². The van der Waals surface area contributed by atoms with E-state index in [9.17, 15) is 4.79 Å². The highest BCUT2D eigenvalue weighted by molar-refractivity contribution is 5.90. The molecule has 1 heterocycles. The summed E-state index contributed by atoms with van der Waals surface area (Å²) >= 11 is 0. The van der Waals surface area contributed by atoms with Crippen LogP contribution in [0.3, 0.4) is 0 Å². The van der Waals surface area contributed by atoms with Crippen molar-refractivity contribution in [3.05, 3.63) is 5.82 Å². The van der Waals surface area contributed by atoms with Crippen molar-refractivity contribution in [1.29, 1.82) is 0 Å². The van der Waals surface area contributed by atoms with E-state index in [1.165, 1.54) is 6.92 Å². The molecule has 0 atom stereocenters. The maximum absolute atomic E-state index is 10.6. The van der Waals surface area contributed by atoms with Gasteiger partial charge in [0, 0.05) is 14.0 Å². The highest BCUT2D eigenvalue weighted by atomic mass is 16.1. The molecule has 0 spiro atoms. The van der Waals surface area contributed by atoms with Crippen molar-refractivity contribution in [2.75, 3.05) is 12.4 Å². The van der Waals surface area contributed by atoms with Gasteiger partial charge in [-0.2, -0.15) is 4.98 Å². The molecule has 0 unspecified atom stereocenters. The third kappa shape index (κ3) is 1.12. The summed E-state index contributed by atoms with van der Waals surface area (Å²) in [5.74, 6) is 0.601. The fraction of sp³-hybridized carbons (Fsp3) is 0.400. The minimum atomic E-state index is -0.117. The van der Waals surface area contributed by atoms with Gasteiger partial charge in [-0.25, -0.2) is 0 Å². The number of anilines is 1. The van der Waals surface area contributed by atoms with Gasteiger partial charge >= 0.3 is 0 Å². The van der Waals surface area contributed by atoms with Crippen molar-refractivity contribution in [2.24, 2.45) is 0 Å². The number of aromatic nitrogens is 3. The minimum absolute atomic E-state index is 0.117. The Morgan fingerprint density at radius 3 is 2.70 bits per heavy atom. The topological polar surface area (TPSA) is 70.7 Å². The van der Waals surface area contributed by atoms with Gasteiger partial charge in [-0.3, -0.25) is 9.89 Å². The lowest BCUT2D eigenvalue weighted by atomic mass is 10.4. The smallest absolute Gasteiger partial charge is 0.242 e. The van der Waals surface area contributed by atoms with Crippen molar-refractivity contribution < 1.29 is 4.79 Å². The van der Waals surface area contributed by atoms with Crippen LogP contribution in [0.1, 0.15) is 17.5 Å². The molecule has 5 nitrogen and oxygen atoms in total. The number of nitrogens with one attached hydrogen (secondary N) is 2. The fourth-order valence-corrected chi connectivity index (χ4v) is 0.531. The molecule has 10 heavy (non-hydrogen) atoms. The lowest BCUT2D eigenvalue weighted by Crippen LogP contribution is -1.95. The van der Waals surface area contributed by atoms with E-state index >= 15 is 0 Å². The van der Waals surface area contributed by atoms with Gasteiger partial charge in [0.15, 0.2) is 11.6 Å². The second kappa shape index (κ2) is 2.47. The predicted molar refractivity (Wildman–Crippen MR) is 35.9 cm³/mol. The zero-order valence-corrected chi connectivity index (χ0v) is 5.80. The van der Waals surface area contributed by atoms with Crippen molar-refractivity contribution in [2.45, 2.75) is 6.92 Å². The fourth-order valence-electron chi connectivity index (χ4n) is 0.531. The third-order valence-electron chi connectivity index (χ3n) is 1.04. The molecular weight excluding hydrogens is 132 g/mol. The zero-order chi connectivity index (χ0) is 7.56.